The van der Waals surface area contributed by atoms with E-state index in [1.165, 1.54) is 0 Å². The van der Waals surface area contributed by atoms with Crippen LogP contribution in [0.5, 0.6) is 5.75 Å². The molecule has 0 fully saturated rings. The zero-order valence-corrected chi connectivity index (χ0v) is 11.0. The molecule has 0 saturated carbocycles. The minimum absolute atomic E-state index is 0.0400. The number of aliphatic hydroxyl groups is 1. The molecule has 1 aromatic heterocycles. The van der Waals surface area contributed by atoms with E-state index >= 15 is 0 Å². The van der Waals surface area contributed by atoms with E-state index in [1.807, 2.05) is 6.92 Å². The van der Waals surface area contributed by atoms with E-state index in [2.05, 4.69) is 4.98 Å². The lowest BCUT2D eigenvalue weighted by atomic mass is 10.2. The number of ether oxygens (including phenoxy) is 1. The number of pyridine rings is 1. The lowest BCUT2D eigenvalue weighted by Crippen LogP contribution is -2.04. The molecule has 0 bridgehead atoms. The molecule has 0 amide bonds. The van der Waals surface area contributed by atoms with Crippen molar-refractivity contribution in [3.05, 3.63) is 21.4 Å². The molecule has 0 radical (unpaired) electrons. The second-order valence-electron chi connectivity index (χ2n) is 3.00. The Kier molecular flexibility index (Phi) is 5.62. The van der Waals surface area contributed by atoms with Gasteiger partial charge in [-0.3, -0.25) is 4.98 Å². The van der Waals surface area contributed by atoms with Crippen molar-refractivity contribution in [3.8, 4) is 5.75 Å². The zero-order valence-electron chi connectivity index (χ0n) is 8.76. The molecule has 6 heteroatoms. The molecule has 0 spiro atoms. The van der Waals surface area contributed by atoms with Crippen LogP contribution in [0, 0.1) is 0 Å². The van der Waals surface area contributed by atoms with E-state index in [0.717, 1.165) is 0 Å². The maximum Gasteiger partial charge on any atom is 0.160 e. The fourth-order valence-corrected chi connectivity index (χ4v) is 2.10. The number of hydrogen-bond acceptors (Lipinski definition) is 3. The summed E-state index contributed by atoms with van der Waals surface area (Å²) < 4.78 is 5.35. The summed E-state index contributed by atoms with van der Waals surface area (Å²) in [5.41, 5.74) is 1.06. The normalized spacial score (nSPS) is 10.6. The third-order valence-electron chi connectivity index (χ3n) is 1.94. The molecule has 0 atom stereocenters. The standard InChI is InChI=1S/C10H12Cl3NO2/c1-2-16-10-8(12)6(3-4-15)14-7(5-11)9(10)13/h15H,2-5H2,1H3. The Morgan fingerprint density at radius 2 is 1.88 bits per heavy atom. The Labute approximate surface area is 109 Å². The van der Waals surface area contributed by atoms with Gasteiger partial charge in [0.05, 0.1) is 23.9 Å². The minimum Gasteiger partial charge on any atom is -0.491 e. The van der Waals surface area contributed by atoms with Crippen molar-refractivity contribution in [3.63, 3.8) is 0 Å². The molecule has 0 aliphatic rings. The van der Waals surface area contributed by atoms with Gasteiger partial charge in [0, 0.05) is 13.0 Å². The fourth-order valence-electron chi connectivity index (χ4n) is 1.25. The van der Waals surface area contributed by atoms with Crippen LogP contribution in [0.15, 0.2) is 0 Å². The molecular formula is C10H12Cl3NO2. The number of aliphatic hydroxyl groups excluding tert-OH is 1. The van der Waals surface area contributed by atoms with E-state index in [-0.39, 0.29) is 12.5 Å². The van der Waals surface area contributed by atoms with Gasteiger partial charge in [0.15, 0.2) is 5.75 Å². The summed E-state index contributed by atoms with van der Waals surface area (Å²) in [6.07, 6.45) is 0.347. The van der Waals surface area contributed by atoms with Gasteiger partial charge in [0.25, 0.3) is 0 Å². The molecule has 16 heavy (non-hydrogen) atoms. The van der Waals surface area contributed by atoms with E-state index in [9.17, 15) is 0 Å². The van der Waals surface area contributed by atoms with Gasteiger partial charge in [0.2, 0.25) is 0 Å². The first-order chi connectivity index (χ1) is 7.65. The fraction of sp³-hybridized carbons (Fsp3) is 0.500. The van der Waals surface area contributed by atoms with Gasteiger partial charge in [0.1, 0.15) is 10.0 Å². The smallest absolute Gasteiger partial charge is 0.160 e. The number of rotatable bonds is 5. The van der Waals surface area contributed by atoms with Crippen molar-refractivity contribution < 1.29 is 9.84 Å². The van der Waals surface area contributed by atoms with Crippen molar-refractivity contribution in [1.82, 2.24) is 4.98 Å². The highest BCUT2D eigenvalue weighted by atomic mass is 35.5. The van der Waals surface area contributed by atoms with Crippen molar-refractivity contribution >= 4 is 34.8 Å². The maximum atomic E-state index is 8.89. The van der Waals surface area contributed by atoms with Gasteiger partial charge in [-0.15, -0.1) is 11.6 Å². The number of alkyl halides is 1. The minimum atomic E-state index is -0.0400. The third-order valence-corrected chi connectivity index (χ3v) is 2.97. The maximum absolute atomic E-state index is 8.89. The highest BCUT2D eigenvalue weighted by Crippen LogP contribution is 2.37. The van der Waals surface area contributed by atoms with E-state index < -0.39 is 0 Å². The first-order valence-electron chi connectivity index (χ1n) is 4.82. The highest BCUT2D eigenvalue weighted by Gasteiger charge is 2.17. The molecule has 1 N–H and O–H groups in total. The quantitative estimate of drug-likeness (QED) is 0.845. The Morgan fingerprint density at radius 3 is 2.38 bits per heavy atom. The van der Waals surface area contributed by atoms with Crippen molar-refractivity contribution in [2.24, 2.45) is 0 Å². The molecule has 0 saturated heterocycles. The van der Waals surface area contributed by atoms with Gasteiger partial charge in [-0.1, -0.05) is 23.2 Å². The molecule has 90 valence electrons. The number of hydrogen-bond donors (Lipinski definition) is 1. The van der Waals surface area contributed by atoms with Crippen LogP contribution in [0.2, 0.25) is 10.0 Å². The molecule has 3 nitrogen and oxygen atoms in total. The topological polar surface area (TPSA) is 42.4 Å². The van der Waals surface area contributed by atoms with Crippen LogP contribution >= 0.6 is 34.8 Å². The van der Waals surface area contributed by atoms with Crippen LogP contribution in [0.3, 0.4) is 0 Å². The molecule has 0 aliphatic heterocycles. The number of nitrogens with zero attached hydrogens (tertiary/aromatic N) is 1. The Morgan fingerprint density at radius 1 is 1.25 bits per heavy atom. The Balaban J connectivity index is 3.26. The average Bonchev–Trinajstić information content (AvgIpc) is 2.28. The summed E-state index contributed by atoms with van der Waals surface area (Å²) in [6, 6.07) is 0. The van der Waals surface area contributed by atoms with Crippen LogP contribution in [0.1, 0.15) is 18.3 Å². The summed E-state index contributed by atoms with van der Waals surface area (Å²) in [5, 5.41) is 9.57. The molecule has 1 rings (SSSR count). The predicted molar refractivity (Wildman–Crippen MR) is 65.8 cm³/mol. The average molecular weight is 285 g/mol. The van der Waals surface area contributed by atoms with Crippen molar-refractivity contribution in [2.75, 3.05) is 13.2 Å². The summed E-state index contributed by atoms with van der Waals surface area (Å²) >= 11 is 17.8. The molecule has 1 heterocycles. The van der Waals surface area contributed by atoms with Crippen molar-refractivity contribution in [2.45, 2.75) is 19.2 Å². The lowest BCUT2D eigenvalue weighted by molar-refractivity contribution is 0.297. The number of halogens is 3. The first kappa shape index (κ1) is 13.8. The van der Waals surface area contributed by atoms with Gasteiger partial charge >= 0.3 is 0 Å². The van der Waals surface area contributed by atoms with Gasteiger partial charge in [-0.2, -0.15) is 0 Å². The lowest BCUT2D eigenvalue weighted by Gasteiger charge is -2.13. The molecule has 0 aromatic carbocycles. The molecule has 1 aromatic rings. The SMILES string of the molecule is CCOc1c(Cl)c(CCl)nc(CCO)c1Cl. The van der Waals surface area contributed by atoms with Gasteiger partial charge in [-0.05, 0) is 6.92 Å². The second-order valence-corrected chi connectivity index (χ2v) is 4.03. The summed E-state index contributed by atoms with van der Waals surface area (Å²) in [5.74, 6) is 0.564. The molecule has 0 aliphatic carbocycles. The van der Waals surface area contributed by atoms with E-state index in [0.29, 0.717) is 40.2 Å². The highest BCUT2D eigenvalue weighted by molar-refractivity contribution is 6.38. The van der Waals surface area contributed by atoms with Gasteiger partial charge < -0.3 is 9.84 Å². The summed E-state index contributed by atoms with van der Waals surface area (Å²) in [4.78, 5) is 4.19. The molecule has 0 unspecified atom stereocenters. The summed E-state index contributed by atoms with van der Waals surface area (Å²) in [6.45, 7) is 2.24. The first-order valence-corrected chi connectivity index (χ1v) is 6.11. The second kappa shape index (κ2) is 6.50. The van der Waals surface area contributed by atoms with Crippen LogP contribution in [0.4, 0.5) is 0 Å². The van der Waals surface area contributed by atoms with Gasteiger partial charge in [-0.25, -0.2) is 0 Å². The third kappa shape index (κ3) is 2.92. The number of aromatic nitrogens is 1. The summed E-state index contributed by atoms with van der Waals surface area (Å²) in [7, 11) is 0. The monoisotopic (exact) mass is 283 g/mol. The zero-order chi connectivity index (χ0) is 12.1. The van der Waals surface area contributed by atoms with Crippen molar-refractivity contribution in [1.29, 1.82) is 0 Å². The largest absolute Gasteiger partial charge is 0.491 e. The van der Waals surface area contributed by atoms with Crippen LogP contribution in [-0.2, 0) is 12.3 Å². The van der Waals surface area contributed by atoms with Crippen LogP contribution in [-0.4, -0.2) is 23.3 Å². The molecular weight excluding hydrogens is 272 g/mol. The van der Waals surface area contributed by atoms with E-state index in [1.54, 1.807) is 0 Å². The van der Waals surface area contributed by atoms with Crippen LogP contribution < -0.4 is 4.74 Å². The predicted octanol–water partition coefficient (Wildman–Crippen LogP) is 3.06. The van der Waals surface area contributed by atoms with Crippen LogP contribution in [0.25, 0.3) is 0 Å². The Hall–Kier alpha value is -0.220. The Bertz CT molecular complexity index is 372. The van der Waals surface area contributed by atoms with E-state index in [4.69, 9.17) is 44.6 Å².